The van der Waals surface area contributed by atoms with E-state index < -0.39 is 0 Å². The predicted molar refractivity (Wildman–Crippen MR) is 418 cm³/mol. The summed E-state index contributed by atoms with van der Waals surface area (Å²) in [6.07, 6.45) is 0. The van der Waals surface area contributed by atoms with Crippen molar-refractivity contribution in [1.82, 2.24) is 9.13 Å². The van der Waals surface area contributed by atoms with Gasteiger partial charge in [-0.2, -0.15) is 0 Å². The fraction of sp³-hybridized carbons (Fsp3) is 0.217. The first kappa shape index (κ1) is 61.3. The number of fused-ring (bicyclic) bond motifs is 13. The van der Waals surface area contributed by atoms with Crippen LogP contribution in [0.4, 0.5) is 17.1 Å². The van der Waals surface area contributed by atoms with Crippen LogP contribution in [0, 0.1) is 0 Å². The fourth-order valence-electron chi connectivity index (χ4n) is 15.8. The van der Waals surface area contributed by atoms with E-state index in [0.717, 1.165) is 128 Å². The van der Waals surface area contributed by atoms with Gasteiger partial charge in [0.1, 0.15) is 22.7 Å². The monoisotopic (exact) mass is 1270 g/mol. The maximum atomic E-state index is 8.20. The molecule has 0 bridgehead atoms. The van der Waals surface area contributed by atoms with E-state index in [4.69, 9.17) is 9.15 Å². The Hall–Kier alpha value is -10.3. The van der Waals surface area contributed by atoms with E-state index in [1.165, 1.54) is 54.8 Å². The quantitative estimate of drug-likeness (QED) is 0.156. The lowest BCUT2D eigenvalue weighted by molar-refractivity contribution is 0.485. The van der Waals surface area contributed by atoms with Gasteiger partial charge in [-0.3, -0.25) is 0 Å². The Morgan fingerprint density at radius 2 is 0.745 bits per heavy atom. The zero-order valence-electron chi connectivity index (χ0n) is 59.3. The SMILES string of the molecule is CC(C)(C)c1ccc(-c2cc3c4c(c2)N(c2cc(-c5ccccc5)cc5oc6ccccc6c25)c2ccc(-c5ccccc5)cc2B4c2cc(-n4c5ccc(C(C)(C)C)cc5c5cc(C(C)(C)C)ccc54)cc(-n4c5ccc(C(C)(C)C)cc5c5cc(C(C)(C)C)ccc54)c2O3)cc1. The molecule has 15 aromatic rings. The van der Waals surface area contributed by atoms with Gasteiger partial charge in [-0.25, -0.2) is 0 Å². The van der Waals surface area contributed by atoms with Crippen molar-refractivity contribution < 1.29 is 9.15 Å². The number of nitrogens with zero attached hydrogens (tertiary/aromatic N) is 3. The lowest BCUT2D eigenvalue weighted by Gasteiger charge is -2.41. The average Bonchev–Trinajstić information content (AvgIpc) is 1.05. The van der Waals surface area contributed by atoms with Crippen LogP contribution >= 0.6 is 0 Å². The summed E-state index contributed by atoms with van der Waals surface area (Å²) in [7, 11) is 0. The number of anilines is 3. The Bertz CT molecular complexity index is 5640. The summed E-state index contributed by atoms with van der Waals surface area (Å²) in [5, 5.41) is 7.05. The zero-order valence-corrected chi connectivity index (χ0v) is 59.3. The molecule has 3 aromatic heterocycles. The molecule has 0 aliphatic carbocycles. The van der Waals surface area contributed by atoms with Crippen LogP contribution in [0.25, 0.3) is 110 Å². The highest BCUT2D eigenvalue weighted by Crippen LogP contribution is 2.51. The Labute approximate surface area is 577 Å². The van der Waals surface area contributed by atoms with Crippen molar-refractivity contribution >= 4 is 106 Å². The number of aromatic nitrogens is 2. The molecular formula is C92H84BN3O2. The maximum absolute atomic E-state index is 8.20. The van der Waals surface area contributed by atoms with E-state index in [1.54, 1.807) is 0 Å². The molecule has 5 heterocycles. The molecule has 0 radical (unpaired) electrons. The molecule has 17 rings (SSSR count). The Morgan fingerprint density at radius 1 is 0.296 bits per heavy atom. The molecule has 0 unspecified atom stereocenters. The lowest BCUT2D eigenvalue weighted by Crippen LogP contribution is -2.59. The van der Waals surface area contributed by atoms with Crippen LogP contribution < -0.4 is 26.0 Å². The molecular weight excluding hydrogens is 1190 g/mol. The number of para-hydroxylation sites is 1. The first-order chi connectivity index (χ1) is 46.7. The minimum Gasteiger partial charge on any atom is -0.456 e. The molecule has 2 aliphatic rings. The molecule has 5 nitrogen and oxygen atoms in total. The Kier molecular flexibility index (Phi) is 13.5. The predicted octanol–water partition coefficient (Wildman–Crippen LogP) is 23.7. The van der Waals surface area contributed by atoms with E-state index in [0.29, 0.717) is 0 Å². The van der Waals surface area contributed by atoms with Gasteiger partial charge in [-0.05, 0) is 202 Å². The van der Waals surface area contributed by atoms with Gasteiger partial charge in [0.2, 0.25) is 0 Å². The van der Waals surface area contributed by atoms with Crippen LogP contribution in [-0.4, -0.2) is 15.8 Å². The van der Waals surface area contributed by atoms with Gasteiger partial charge in [0, 0.05) is 44.0 Å². The second-order valence-corrected chi connectivity index (χ2v) is 33.1. The third-order valence-electron chi connectivity index (χ3n) is 21.3. The standard InChI is InChI=1S/C92H84BN3O2/c1-88(2,3)61-33-30-57(31-34-61)60-46-80-86-84(48-60)98-87-73(93(86)72-44-58(55-24-18-16-19-25-55)32-39-78(72)96(80)79-45-59(56-26-20-17-21-27-56)47-83-85(79)67-28-22-23-29-82(67)97-83)53-66(94-74-40-35-62(89(4,5)6)49-68(74)69-50-63(90(7,8)9)36-41-75(69)94)54-81(87)95-76-42-37-64(91(10,11)12)51-70(76)71-52-65(92(13,14)15)38-43-77(71)95/h16-54H,1-15H3. The van der Waals surface area contributed by atoms with Gasteiger partial charge < -0.3 is 23.2 Å². The summed E-state index contributed by atoms with van der Waals surface area (Å²) in [6, 6.07) is 89.9. The number of rotatable bonds is 6. The maximum Gasteiger partial charge on any atom is 0.256 e. The van der Waals surface area contributed by atoms with Crippen molar-refractivity contribution in [2.45, 2.75) is 131 Å². The number of hydrogen-bond acceptors (Lipinski definition) is 3. The van der Waals surface area contributed by atoms with E-state index in [-0.39, 0.29) is 33.8 Å². The van der Waals surface area contributed by atoms with Crippen LogP contribution in [0.15, 0.2) is 241 Å². The summed E-state index contributed by atoms with van der Waals surface area (Å²) in [5.41, 5.74) is 27.7. The van der Waals surface area contributed by atoms with E-state index in [2.05, 4.69) is 354 Å². The van der Waals surface area contributed by atoms with Crippen LogP contribution in [0.5, 0.6) is 11.5 Å². The molecule has 12 aromatic carbocycles. The molecule has 2 aliphatic heterocycles. The second-order valence-electron chi connectivity index (χ2n) is 33.1. The molecule has 0 N–H and O–H groups in total. The summed E-state index contributed by atoms with van der Waals surface area (Å²) < 4.78 is 20.3. The van der Waals surface area contributed by atoms with Gasteiger partial charge in [-0.1, -0.05) is 243 Å². The second kappa shape index (κ2) is 21.6. The third kappa shape index (κ3) is 9.86. The summed E-state index contributed by atoms with van der Waals surface area (Å²) in [5.74, 6) is 1.66. The highest BCUT2D eigenvalue weighted by atomic mass is 16.5. The van der Waals surface area contributed by atoms with Gasteiger partial charge in [-0.15, -0.1) is 0 Å². The number of furan rings is 1. The highest BCUT2D eigenvalue weighted by molar-refractivity contribution is 6.99. The highest BCUT2D eigenvalue weighted by Gasteiger charge is 2.45. The Balaban J connectivity index is 1.04. The zero-order chi connectivity index (χ0) is 67.9. The van der Waals surface area contributed by atoms with Crippen molar-refractivity contribution in [1.29, 1.82) is 0 Å². The smallest absolute Gasteiger partial charge is 0.256 e. The normalized spacial score (nSPS) is 13.5. The van der Waals surface area contributed by atoms with Gasteiger partial charge in [0.15, 0.2) is 0 Å². The molecule has 0 fully saturated rings. The summed E-state index contributed by atoms with van der Waals surface area (Å²) >= 11 is 0. The minimum absolute atomic E-state index is 0.0311. The van der Waals surface area contributed by atoms with Gasteiger partial charge in [0.05, 0.1) is 38.8 Å². The molecule has 6 heteroatoms. The van der Waals surface area contributed by atoms with E-state index >= 15 is 0 Å². The summed E-state index contributed by atoms with van der Waals surface area (Å²) in [6.45, 7) is 34.5. The minimum atomic E-state index is -0.329. The lowest BCUT2D eigenvalue weighted by atomic mass is 9.34. The molecule has 0 saturated carbocycles. The average molecular weight is 1270 g/mol. The van der Waals surface area contributed by atoms with Crippen molar-refractivity contribution in [3.8, 4) is 56.3 Å². The molecule has 0 spiro atoms. The number of benzene rings is 12. The first-order valence-corrected chi connectivity index (χ1v) is 35.1. The molecule has 0 atom stereocenters. The topological polar surface area (TPSA) is 35.5 Å². The molecule has 482 valence electrons. The third-order valence-corrected chi connectivity index (χ3v) is 21.3. The van der Waals surface area contributed by atoms with Crippen molar-refractivity contribution in [3.05, 3.63) is 264 Å². The van der Waals surface area contributed by atoms with Crippen LogP contribution in [-0.2, 0) is 27.1 Å². The van der Waals surface area contributed by atoms with E-state index in [9.17, 15) is 0 Å². The Morgan fingerprint density at radius 3 is 1.28 bits per heavy atom. The van der Waals surface area contributed by atoms with Gasteiger partial charge >= 0.3 is 0 Å². The van der Waals surface area contributed by atoms with Crippen molar-refractivity contribution in [2.75, 3.05) is 4.90 Å². The van der Waals surface area contributed by atoms with Crippen molar-refractivity contribution in [2.24, 2.45) is 0 Å². The molecule has 0 amide bonds. The summed E-state index contributed by atoms with van der Waals surface area (Å²) in [4.78, 5) is 2.56. The number of hydrogen-bond donors (Lipinski definition) is 0. The van der Waals surface area contributed by atoms with Crippen LogP contribution in [0.3, 0.4) is 0 Å². The van der Waals surface area contributed by atoms with Gasteiger partial charge in [0.25, 0.3) is 6.71 Å². The fourth-order valence-corrected chi connectivity index (χ4v) is 15.8. The van der Waals surface area contributed by atoms with E-state index in [1.807, 2.05) is 0 Å². The largest absolute Gasteiger partial charge is 0.456 e. The number of ether oxygens (including phenoxy) is 1. The first-order valence-electron chi connectivity index (χ1n) is 35.1. The van der Waals surface area contributed by atoms with Crippen molar-refractivity contribution in [3.63, 3.8) is 0 Å². The van der Waals surface area contributed by atoms with Crippen LogP contribution in [0.1, 0.15) is 132 Å². The van der Waals surface area contributed by atoms with Crippen LogP contribution in [0.2, 0.25) is 0 Å². The molecule has 98 heavy (non-hydrogen) atoms. The molecule has 0 saturated heterocycles.